The van der Waals surface area contributed by atoms with Crippen molar-refractivity contribution in [2.75, 3.05) is 24.7 Å². The molecule has 0 radical (unpaired) electrons. The third-order valence-corrected chi connectivity index (χ3v) is 4.64. The molecule has 112 valence electrons. The van der Waals surface area contributed by atoms with Crippen LogP contribution in [0.3, 0.4) is 0 Å². The fraction of sp³-hybridized carbons (Fsp3) is 0.474. The highest BCUT2D eigenvalue weighted by atomic mass is 15.4. The highest BCUT2D eigenvalue weighted by molar-refractivity contribution is 5.55. The van der Waals surface area contributed by atoms with Crippen LogP contribution in [0.1, 0.15) is 31.4 Å². The Hall–Kier alpha value is -1.70. The highest BCUT2D eigenvalue weighted by Gasteiger charge is 2.24. The van der Waals surface area contributed by atoms with Crippen molar-refractivity contribution in [3.05, 3.63) is 52.7 Å². The molecule has 1 fully saturated rings. The monoisotopic (exact) mass is 282 g/mol. The maximum absolute atomic E-state index is 2.52. The molecule has 0 spiro atoms. The zero-order valence-corrected chi connectivity index (χ0v) is 13.7. The van der Waals surface area contributed by atoms with Crippen LogP contribution in [0.2, 0.25) is 0 Å². The third-order valence-electron chi connectivity index (χ3n) is 4.64. The van der Waals surface area contributed by atoms with E-state index < -0.39 is 0 Å². The quantitative estimate of drug-likeness (QED) is 0.800. The fourth-order valence-corrected chi connectivity index (χ4v) is 3.56. The Kier molecular flexibility index (Phi) is 3.79. The fourth-order valence-electron chi connectivity index (χ4n) is 3.56. The molecular formula is C19H26N2. The Balaban J connectivity index is 1.75. The Bertz CT molecular complexity index is 598. The summed E-state index contributed by atoms with van der Waals surface area (Å²) in [5, 5.41) is 0. The largest absolute Gasteiger partial charge is 0.352 e. The molecule has 1 heterocycles. The van der Waals surface area contributed by atoms with Gasteiger partial charge in [-0.1, -0.05) is 36.8 Å². The summed E-state index contributed by atoms with van der Waals surface area (Å²) in [6.07, 6.45) is 6.01. The Morgan fingerprint density at radius 3 is 2.52 bits per heavy atom. The van der Waals surface area contributed by atoms with Gasteiger partial charge in [-0.25, -0.2) is 0 Å². The van der Waals surface area contributed by atoms with Gasteiger partial charge in [0.15, 0.2) is 0 Å². The van der Waals surface area contributed by atoms with E-state index in [2.05, 4.69) is 67.8 Å². The number of hydrogen-bond donors (Lipinski definition) is 0. The van der Waals surface area contributed by atoms with Crippen LogP contribution in [-0.4, -0.2) is 24.7 Å². The molecule has 2 aliphatic rings. The molecule has 1 saturated heterocycles. The normalized spacial score (nSPS) is 22.4. The van der Waals surface area contributed by atoms with E-state index >= 15 is 0 Å². The summed E-state index contributed by atoms with van der Waals surface area (Å²) >= 11 is 0. The van der Waals surface area contributed by atoms with Crippen molar-refractivity contribution >= 4 is 5.69 Å². The van der Waals surface area contributed by atoms with Crippen molar-refractivity contribution in [1.82, 2.24) is 4.90 Å². The van der Waals surface area contributed by atoms with E-state index in [4.69, 9.17) is 0 Å². The van der Waals surface area contributed by atoms with Crippen LogP contribution in [0.25, 0.3) is 0 Å². The minimum absolute atomic E-state index is 0.687. The van der Waals surface area contributed by atoms with Gasteiger partial charge in [-0.3, -0.25) is 0 Å². The first kappa shape index (κ1) is 14.2. The lowest BCUT2D eigenvalue weighted by Crippen LogP contribution is -2.26. The van der Waals surface area contributed by atoms with E-state index in [1.165, 1.54) is 34.5 Å². The predicted octanol–water partition coefficient (Wildman–Crippen LogP) is 4.25. The Morgan fingerprint density at radius 1 is 1.05 bits per heavy atom. The number of rotatable bonds is 2. The molecule has 0 bridgehead atoms. The van der Waals surface area contributed by atoms with Gasteiger partial charge in [0.2, 0.25) is 0 Å². The second-order valence-electron chi connectivity index (χ2n) is 6.61. The van der Waals surface area contributed by atoms with Crippen LogP contribution in [-0.2, 0) is 0 Å². The molecule has 3 rings (SSSR count). The number of anilines is 1. The number of benzene rings is 1. The molecule has 2 nitrogen and oxygen atoms in total. The molecule has 1 unspecified atom stereocenters. The summed E-state index contributed by atoms with van der Waals surface area (Å²) in [7, 11) is 0. The molecule has 1 aromatic carbocycles. The van der Waals surface area contributed by atoms with Gasteiger partial charge >= 0.3 is 0 Å². The number of hydrogen-bond acceptors (Lipinski definition) is 2. The minimum atomic E-state index is 0.687. The maximum Gasteiger partial charge on any atom is 0.0904 e. The molecule has 0 amide bonds. The lowest BCUT2D eigenvalue weighted by Gasteiger charge is -2.27. The standard InChI is InChI=1S/C19H26N2/c1-14-5-7-18(16(3)11-14)20-9-10-21(13-20)19-8-6-15(2)12-17(19)4/h5,7-8,11-12,15H,6,9-10,13H2,1-4H3. The van der Waals surface area contributed by atoms with Gasteiger partial charge in [0, 0.05) is 24.5 Å². The third kappa shape index (κ3) is 2.85. The zero-order valence-electron chi connectivity index (χ0n) is 13.7. The SMILES string of the molecule is CC1=CC(C)CC=C1N1CCN(c2ccc(C)cc2C)C1. The van der Waals surface area contributed by atoms with Crippen molar-refractivity contribution in [3.63, 3.8) is 0 Å². The lowest BCUT2D eigenvalue weighted by atomic mass is 9.96. The molecule has 1 aliphatic carbocycles. The molecule has 1 atom stereocenters. The molecule has 1 aliphatic heterocycles. The zero-order chi connectivity index (χ0) is 15.0. The first-order chi connectivity index (χ1) is 10.0. The lowest BCUT2D eigenvalue weighted by molar-refractivity contribution is 0.429. The predicted molar refractivity (Wildman–Crippen MR) is 90.5 cm³/mol. The van der Waals surface area contributed by atoms with Gasteiger partial charge in [0.1, 0.15) is 0 Å². The molecule has 0 N–H and O–H groups in total. The Labute approximate surface area is 128 Å². The first-order valence-electron chi connectivity index (χ1n) is 8.00. The second-order valence-corrected chi connectivity index (χ2v) is 6.61. The number of nitrogens with zero attached hydrogens (tertiary/aromatic N) is 2. The molecule has 2 heteroatoms. The van der Waals surface area contributed by atoms with Crippen molar-refractivity contribution in [1.29, 1.82) is 0 Å². The van der Waals surface area contributed by atoms with Crippen LogP contribution in [0.15, 0.2) is 41.6 Å². The first-order valence-corrected chi connectivity index (χ1v) is 8.00. The van der Waals surface area contributed by atoms with Crippen molar-refractivity contribution < 1.29 is 0 Å². The van der Waals surface area contributed by atoms with Gasteiger partial charge in [0.05, 0.1) is 6.67 Å². The number of allylic oxidation sites excluding steroid dienone is 3. The number of aryl methyl sites for hydroxylation is 2. The van der Waals surface area contributed by atoms with Crippen LogP contribution in [0.5, 0.6) is 0 Å². The van der Waals surface area contributed by atoms with Crippen LogP contribution in [0.4, 0.5) is 5.69 Å². The van der Waals surface area contributed by atoms with Crippen molar-refractivity contribution in [2.45, 2.75) is 34.1 Å². The smallest absolute Gasteiger partial charge is 0.0904 e. The average Bonchev–Trinajstić information content (AvgIpc) is 2.87. The molecule has 1 aromatic rings. The van der Waals surface area contributed by atoms with Gasteiger partial charge in [-0.05, 0) is 50.3 Å². The van der Waals surface area contributed by atoms with Gasteiger partial charge in [0.25, 0.3) is 0 Å². The van der Waals surface area contributed by atoms with Crippen molar-refractivity contribution in [3.8, 4) is 0 Å². The second kappa shape index (κ2) is 5.59. The van der Waals surface area contributed by atoms with Crippen LogP contribution in [0, 0.1) is 19.8 Å². The van der Waals surface area contributed by atoms with E-state index in [0.717, 1.165) is 19.8 Å². The van der Waals surface area contributed by atoms with Gasteiger partial charge < -0.3 is 9.80 Å². The van der Waals surface area contributed by atoms with Crippen molar-refractivity contribution in [2.24, 2.45) is 5.92 Å². The summed E-state index contributed by atoms with van der Waals surface area (Å²) in [6, 6.07) is 6.77. The van der Waals surface area contributed by atoms with Crippen LogP contribution >= 0.6 is 0 Å². The molecule has 0 saturated carbocycles. The maximum atomic E-state index is 2.52. The summed E-state index contributed by atoms with van der Waals surface area (Å²) < 4.78 is 0. The topological polar surface area (TPSA) is 6.48 Å². The summed E-state index contributed by atoms with van der Waals surface area (Å²) in [6.45, 7) is 12.2. The van der Waals surface area contributed by atoms with E-state index in [9.17, 15) is 0 Å². The summed E-state index contributed by atoms with van der Waals surface area (Å²) in [5.74, 6) is 0.687. The van der Waals surface area contributed by atoms with Gasteiger partial charge in [-0.2, -0.15) is 0 Å². The molecular weight excluding hydrogens is 256 g/mol. The van der Waals surface area contributed by atoms with E-state index in [1.807, 2.05) is 0 Å². The summed E-state index contributed by atoms with van der Waals surface area (Å²) in [5.41, 5.74) is 7.00. The van der Waals surface area contributed by atoms with Crippen LogP contribution < -0.4 is 4.90 Å². The average molecular weight is 282 g/mol. The van der Waals surface area contributed by atoms with E-state index in [1.54, 1.807) is 0 Å². The summed E-state index contributed by atoms with van der Waals surface area (Å²) in [4.78, 5) is 5.03. The molecule has 21 heavy (non-hydrogen) atoms. The highest BCUT2D eigenvalue weighted by Crippen LogP contribution is 2.30. The minimum Gasteiger partial charge on any atom is -0.352 e. The van der Waals surface area contributed by atoms with E-state index in [-0.39, 0.29) is 0 Å². The van der Waals surface area contributed by atoms with E-state index in [0.29, 0.717) is 5.92 Å². The van der Waals surface area contributed by atoms with Gasteiger partial charge in [-0.15, -0.1) is 0 Å². The Morgan fingerprint density at radius 2 is 1.81 bits per heavy atom. The molecule has 0 aromatic heterocycles.